The van der Waals surface area contributed by atoms with E-state index in [1.54, 1.807) is 17.2 Å². The van der Waals surface area contributed by atoms with Gasteiger partial charge < -0.3 is 19.2 Å². The molecule has 104 valence electrons. The molecule has 6 nitrogen and oxygen atoms in total. The van der Waals surface area contributed by atoms with Gasteiger partial charge in [-0.15, -0.1) is 0 Å². The molecule has 0 spiro atoms. The normalized spacial score (nSPS) is 19.4. The van der Waals surface area contributed by atoms with Gasteiger partial charge in [0.2, 0.25) is 5.91 Å². The monoisotopic (exact) mass is 267 g/mol. The Kier molecular flexibility index (Phi) is 4.57. The topological polar surface area (TPSA) is 80.0 Å². The molecule has 1 aliphatic rings. The Morgan fingerprint density at radius 2 is 2.32 bits per heavy atom. The van der Waals surface area contributed by atoms with Crippen LogP contribution in [0.5, 0.6) is 0 Å². The molecule has 0 aliphatic carbocycles. The van der Waals surface area contributed by atoms with Crippen LogP contribution in [0, 0.1) is 0 Å². The Hall–Kier alpha value is -1.82. The fourth-order valence-electron chi connectivity index (χ4n) is 2.11. The highest BCUT2D eigenvalue weighted by molar-refractivity contribution is 5.76. The van der Waals surface area contributed by atoms with Gasteiger partial charge in [-0.05, 0) is 12.1 Å². The zero-order chi connectivity index (χ0) is 13.7. The summed E-state index contributed by atoms with van der Waals surface area (Å²) in [5, 5.41) is 8.72. The summed E-state index contributed by atoms with van der Waals surface area (Å²) >= 11 is 0. The second-order valence-electron chi connectivity index (χ2n) is 4.51. The molecule has 1 fully saturated rings. The summed E-state index contributed by atoms with van der Waals surface area (Å²) in [4.78, 5) is 24.3. The first-order valence-corrected chi connectivity index (χ1v) is 6.28. The molecule has 1 saturated heterocycles. The summed E-state index contributed by atoms with van der Waals surface area (Å²) in [7, 11) is 0. The lowest BCUT2D eigenvalue weighted by Gasteiger charge is -2.32. The molecule has 1 aromatic rings. The number of nitrogens with zero attached hydrogens (tertiary/aromatic N) is 1. The van der Waals surface area contributed by atoms with Crippen molar-refractivity contribution in [2.75, 3.05) is 19.7 Å². The minimum Gasteiger partial charge on any atom is -0.481 e. The van der Waals surface area contributed by atoms with Crippen LogP contribution in [0.2, 0.25) is 0 Å². The summed E-state index contributed by atoms with van der Waals surface area (Å²) < 4.78 is 10.5. The van der Waals surface area contributed by atoms with Crippen LogP contribution < -0.4 is 0 Å². The number of carbonyl (C=O) groups excluding carboxylic acids is 1. The molecular weight excluding hydrogens is 250 g/mol. The number of morpholine rings is 1. The van der Waals surface area contributed by atoms with Crippen LogP contribution >= 0.6 is 0 Å². The van der Waals surface area contributed by atoms with Gasteiger partial charge in [0.25, 0.3) is 0 Å². The predicted molar refractivity (Wildman–Crippen MR) is 65.6 cm³/mol. The number of ether oxygens (including phenoxy) is 1. The first kappa shape index (κ1) is 13.6. The van der Waals surface area contributed by atoms with E-state index >= 15 is 0 Å². The van der Waals surface area contributed by atoms with Gasteiger partial charge in [0, 0.05) is 25.9 Å². The van der Waals surface area contributed by atoms with E-state index in [0.717, 1.165) is 5.76 Å². The summed E-state index contributed by atoms with van der Waals surface area (Å²) in [6, 6.07) is 3.62. The number of hydrogen-bond donors (Lipinski definition) is 1. The van der Waals surface area contributed by atoms with Gasteiger partial charge in [-0.3, -0.25) is 9.59 Å². The standard InChI is InChI=1S/C13H17NO5/c15-12(4-3-10-2-1-6-18-10)14-5-7-19-11(9-14)8-13(16)17/h1-2,6,11H,3-5,7-9H2,(H,16,17). The molecule has 1 atom stereocenters. The number of carbonyl (C=O) groups is 2. The number of rotatable bonds is 5. The van der Waals surface area contributed by atoms with Crippen LogP contribution in [0.3, 0.4) is 0 Å². The zero-order valence-electron chi connectivity index (χ0n) is 10.6. The molecule has 1 aromatic heterocycles. The average Bonchev–Trinajstić information content (AvgIpc) is 2.88. The van der Waals surface area contributed by atoms with Gasteiger partial charge >= 0.3 is 5.97 Å². The highest BCUT2D eigenvalue weighted by atomic mass is 16.5. The summed E-state index contributed by atoms with van der Waals surface area (Å²) in [5.41, 5.74) is 0. The minimum atomic E-state index is -0.908. The second-order valence-corrected chi connectivity index (χ2v) is 4.51. The number of furan rings is 1. The molecule has 0 radical (unpaired) electrons. The Balaban J connectivity index is 1.79. The van der Waals surface area contributed by atoms with Crippen molar-refractivity contribution in [3.05, 3.63) is 24.2 Å². The summed E-state index contributed by atoms with van der Waals surface area (Å²) in [6.45, 7) is 1.26. The number of aryl methyl sites for hydroxylation is 1. The van der Waals surface area contributed by atoms with E-state index in [0.29, 0.717) is 32.5 Å². The number of hydrogen-bond acceptors (Lipinski definition) is 4. The predicted octanol–water partition coefficient (Wildman–Crippen LogP) is 0.914. The van der Waals surface area contributed by atoms with E-state index in [2.05, 4.69) is 0 Å². The third-order valence-corrected chi connectivity index (χ3v) is 3.06. The van der Waals surface area contributed by atoms with Gasteiger partial charge in [0.15, 0.2) is 0 Å². The van der Waals surface area contributed by atoms with E-state index in [-0.39, 0.29) is 12.3 Å². The van der Waals surface area contributed by atoms with Crippen molar-refractivity contribution in [3.63, 3.8) is 0 Å². The first-order chi connectivity index (χ1) is 9.15. The maximum atomic E-state index is 12.0. The van der Waals surface area contributed by atoms with Crippen LogP contribution in [0.25, 0.3) is 0 Å². The highest BCUT2D eigenvalue weighted by Gasteiger charge is 2.25. The number of carboxylic acid groups (broad SMARTS) is 1. The Bertz CT molecular complexity index is 428. The van der Waals surface area contributed by atoms with Crippen molar-refractivity contribution in [3.8, 4) is 0 Å². The maximum Gasteiger partial charge on any atom is 0.306 e. The lowest BCUT2D eigenvalue weighted by Crippen LogP contribution is -2.46. The molecule has 1 amide bonds. The quantitative estimate of drug-likeness (QED) is 0.857. The number of carboxylic acids is 1. The molecule has 6 heteroatoms. The lowest BCUT2D eigenvalue weighted by atomic mass is 10.1. The largest absolute Gasteiger partial charge is 0.481 e. The summed E-state index contributed by atoms with van der Waals surface area (Å²) in [5.74, 6) is -0.117. The molecule has 0 saturated carbocycles. The van der Waals surface area contributed by atoms with E-state index < -0.39 is 12.1 Å². The number of amides is 1. The minimum absolute atomic E-state index is 0.00934. The van der Waals surface area contributed by atoms with Crippen molar-refractivity contribution in [2.24, 2.45) is 0 Å². The lowest BCUT2D eigenvalue weighted by molar-refractivity contribution is -0.147. The Morgan fingerprint density at radius 3 is 3.00 bits per heavy atom. The molecule has 1 unspecified atom stereocenters. The van der Waals surface area contributed by atoms with E-state index in [4.69, 9.17) is 14.3 Å². The van der Waals surface area contributed by atoms with Crippen molar-refractivity contribution >= 4 is 11.9 Å². The van der Waals surface area contributed by atoms with E-state index in [1.165, 1.54) is 0 Å². The van der Waals surface area contributed by atoms with Crippen LogP contribution in [-0.2, 0) is 20.7 Å². The third-order valence-electron chi connectivity index (χ3n) is 3.06. The molecule has 0 bridgehead atoms. The maximum absolute atomic E-state index is 12.0. The average molecular weight is 267 g/mol. The molecule has 2 rings (SSSR count). The molecule has 2 heterocycles. The van der Waals surface area contributed by atoms with Crippen molar-refractivity contribution in [2.45, 2.75) is 25.4 Å². The first-order valence-electron chi connectivity index (χ1n) is 6.28. The van der Waals surface area contributed by atoms with Crippen LogP contribution in [0.1, 0.15) is 18.6 Å². The second kappa shape index (κ2) is 6.38. The highest BCUT2D eigenvalue weighted by Crippen LogP contribution is 2.12. The SMILES string of the molecule is O=C(O)CC1CN(C(=O)CCc2ccco2)CCO1. The molecule has 1 N–H and O–H groups in total. The van der Waals surface area contributed by atoms with E-state index in [1.807, 2.05) is 6.07 Å². The van der Waals surface area contributed by atoms with Gasteiger partial charge in [0.05, 0.1) is 25.4 Å². The van der Waals surface area contributed by atoms with Crippen LogP contribution in [-0.4, -0.2) is 47.7 Å². The fraction of sp³-hybridized carbons (Fsp3) is 0.538. The van der Waals surface area contributed by atoms with E-state index in [9.17, 15) is 9.59 Å². The van der Waals surface area contributed by atoms with Crippen molar-refractivity contribution < 1.29 is 23.8 Å². The fourth-order valence-corrected chi connectivity index (χ4v) is 2.11. The Labute approximate surface area is 110 Å². The van der Waals surface area contributed by atoms with Gasteiger partial charge in [0.1, 0.15) is 5.76 Å². The smallest absolute Gasteiger partial charge is 0.306 e. The van der Waals surface area contributed by atoms with Gasteiger partial charge in [-0.25, -0.2) is 0 Å². The molecule has 0 aromatic carbocycles. The van der Waals surface area contributed by atoms with Gasteiger partial charge in [-0.1, -0.05) is 0 Å². The molecule has 19 heavy (non-hydrogen) atoms. The van der Waals surface area contributed by atoms with Gasteiger partial charge in [-0.2, -0.15) is 0 Å². The van der Waals surface area contributed by atoms with Crippen LogP contribution in [0.4, 0.5) is 0 Å². The van der Waals surface area contributed by atoms with Crippen molar-refractivity contribution in [1.29, 1.82) is 0 Å². The number of aliphatic carboxylic acids is 1. The summed E-state index contributed by atoms with van der Waals surface area (Å²) in [6.07, 6.45) is 2.04. The molecule has 1 aliphatic heterocycles. The van der Waals surface area contributed by atoms with Crippen molar-refractivity contribution in [1.82, 2.24) is 4.90 Å². The third kappa shape index (κ3) is 4.10. The zero-order valence-corrected chi connectivity index (χ0v) is 10.6. The Morgan fingerprint density at radius 1 is 1.47 bits per heavy atom. The van der Waals surface area contributed by atoms with Crippen LogP contribution in [0.15, 0.2) is 22.8 Å². The molecular formula is C13H17NO5.